The average molecular weight is 307 g/mol. The molecule has 7 heteroatoms. The molecule has 0 spiro atoms. The summed E-state index contributed by atoms with van der Waals surface area (Å²) in [5.41, 5.74) is 2.40. The second-order valence-corrected chi connectivity index (χ2v) is 6.36. The van der Waals surface area contributed by atoms with Crippen molar-refractivity contribution in [1.29, 1.82) is 0 Å². The maximum Gasteiger partial charge on any atom is 0.275 e. The normalized spacial score (nSPS) is 18.9. The Morgan fingerprint density at radius 2 is 2.48 bits per heavy atom. The molecule has 0 aliphatic carbocycles. The van der Waals surface area contributed by atoms with Crippen molar-refractivity contribution in [2.45, 2.75) is 38.8 Å². The molecule has 2 aromatic heterocycles. The fourth-order valence-corrected chi connectivity index (χ4v) is 3.53. The Kier molecular flexibility index (Phi) is 4.62. The molecule has 1 aliphatic heterocycles. The summed E-state index contributed by atoms with van der Waals surface area (Å²) >= 11 is 1.40. The van der Waals surface area contributed by atoms with Crippen LogP contribution in [0.4, 0.5) is 0 Å². The molecule has 0 saturated carbocycles. The van der Waals surface area contributed by atoms with E-state index in [-0.39, 0.29) is 5.56 Å². The van der Waals surface area contributed by atoms with Crippen LogP contribution in [0.25, 0.3) is 4.96 Å². The quantitative estimate of drug-likeness (QED) is 0.866. The van der Waals surface area contributed by atoms with Crippen molar-refractivity contribution in [2.24, 2.45) is 0 Å². The fourth-order valence-electron chi connectivity index (χ4n) is 2.89. The Balaban J connectivity index is 1.74. The minimum absolute atomic E-state index is 0.0910. The van der Waals surface area contributed by atoms with Gasteiger partial charge in [-0.05, 0) is 32.4 Å². The van der Waals surface area contributed by atoms with Gasteiger partial charge in [0.1, 0.15) is 5.51 Å². The summed E-state index contributed by atoms with van der Waals surface area (Å²) in [6, 6.07) is 2.18. The molecule has 0 bridgehead atoms. The van der Waals surface area contributed by atoms with E-state index in [0.717, 1.165) is 38.3 Å². The van der Waals surface area contributed by atoms with E-state index in [0.29, 0.717) is 11.0 Å². The van der Waals surface area contributed by atoms with Gasteiger partial charge in [0.15, 0.2) is 0 Å². The lowest BCUT2D eigenvalue weighted by atomic mass is 10.2. The van der Waals surface area contributed by atoms with Crippen molar-refractivity contribution in [3.05, 3.63) is 27.6 Å². The number of nitrogens with zero attached hydrogens (tertiary/aromatic N) is 4. The van der Waals surface area contributed by atoms with Gasteiger partial charge in [-0.3, -0.25) is 9.69 Å². The summed E-state index contributed by atoms with van der Waals surface area (Å²) in [6.45, 7) is 6.09. The fraction of sp³-hybridized carbons (Fsp3) is 0.643. The van der Waals surface area contributed by atoms with E-state index in [1.807, 2.05) is 0 Å². The number of aromatic nitrogens is 3. The number of fused-ring (bicyclic) bond motifs is 1. The molecule has 3 heterocycles. The Bertz CT molecular complexity index is 646. The average Bonchev–Trinajstić information content (AvgIpc) is 3.10. The second-order valence-electron chi connectivity index (χ2n) is 5.55. The van der Waals surface area contributed by atoms with Crippen LogP contribution in [0.5, 0.6) is 0 Å². The van der Waals surface area contributed by atoms with E-state index in [4.69, 9.17) is 0 Å². The largest absolute Gasteiger partial charge is 0.313 e. The van der Waals surface area contributed by atoms with Gasteiger partial charge in [0.25, 0.3) is 5.56 Å². The summed E-state index contributed by atoms with van der Waals surface area (Å²) < 4.78 is 1.36. The van der Waals surface area contributed by atoms with E-state index in [2.05, 4.69) is 27.2 Å². The van der Waals surface area contributed by atoms with Gasteiger partial charge in [-0.2, -0.15) is 9.61 Å². The molecule has 0 aromatic carbocycles. The molecule has 114 valence electrons. The van der Waals surface area contributed by atoms with Crippen LogP contribution in [0, 0.1) is 0 Å². The Labute approximate surface area is 127 Å². The summed E-state index contributed by atoms with van der Waals surface area (Å²) in [5, 5.41) is 7.53. The van der Waals surface area contributed by atoms with Gasteiger partial charge in [0, 0.05) is 25.2 Å². The standard InChI is InChI=1S/C14H21N5OS/c1-2-6-18(8-11-4-3-5-15-11)9-12-7-13(20)19-14(17-12)21-10-16-19/h7,10-11,15H,2-6,8-9H2,1H3. The smallest absolute Gasteiger partial charge is 0.275 e. The predicted octanol–water partition coefficient (Wildman–Crippen LogP) is 1.11. The van der Waals surface area contributed by atoms with Gasteiger partial charge in [-0.15, -0.1) is 0 Å². The maximum absolute atomic E-state index is 12.0. The van der Waals surface area contributed by atoms with Crippen molar-refractivity contribution in [2.75, 3.05) is 19.6 Å². The molecule has 2 aromatic rings. The minimum Gasteiger partial charge on any atom is -0.313 e. The highest BCUT2D eigenvalue weighted by molar-refractivity contribution is 7.14. The number of rotatable bonds is 6. The SMILES string of the molecule is CCCN(Cc1cc(=O)n2ncsc2n1)CC1CCCN1. The summed E-state index contributed by atoms with van der Waals surface area (Å²) in [6.07, 6.45) is 3.61. The minimum atomic E-state index is -0.0910. The first-order valence-corrected chi connectivity index (χ1v) is 8.42. The van der Waals surface area contributed by atoms with Gasteiger partial charge in [0.2, 0.25) is 4.96 Å². The maximum atomic E-state index is 12.0. The van der Waals surface area contributed by atoms with Gasteiger partial charge in [-0.25, -0.2) is 4.98 Å². The number of nitrogens with one attached hydrogen (secondary N) is 1. The van der Waals surface area contributed by atoms with E-state index in [1.54, 1.807) is 11.6 Å². The Hall–Kier alpha value is -1.31. The highest BCUT2D eigenvalue weighted by atomic mass is 32.1. The molecule has 1 unspecified atom stereocenters. The zero-order chi connectivity index (χ0) is 14.7. The van der Waals surface area contributed by atoms with Crippen molar-refractivity contribution in [1.82, 2.24) is 24.8 Å². The highest BCUT2D eigenvalue weighted by Gasteiger charge is 2.18. The lowest BCUT2D eigenvalue weighted by Gasteiger charge is -2.24. The van der Waals surface area contributed by atoms with Gasteiger partial charge in [0.05, 0.1) is 5.69 Å². The Morgan fingerprint density at radius 3 is 3.24 bits per heavy atom. The molecule has 1 saturated heterocycles. The van der Waals surface area contributed by atoms with E-state index >= 15 is 0 Å². The van der Waals surface area contributed by atoms with Crippen LogP contribution in [-0.4, -0.2) is 45.2 Å². The molecule has 0 radical (unpaired) electrons. The van der Waals surface area contributed by atoms with Crippen LogP contribution >= 0.6 is 11.3 Å². The summed E-state index contributed by atoms with van der Waals surface area (Å²) in [5.74, 6) is 0. The first-order chi connectivity index (χ1) is 10.3. The number of hydrogen-bond acceptors (Lipinski definition) is 6. The van der Waals surface area contributed by atoms with Crippen LogP contribution < -0.4 is 10.9 Å². The lowest BCUT2D eigenvalue weighted by Crippen LogP contribution is -2.38. The van der Waals surface area contributed by atoms with Crippen molar-refractivity contribution >= 4 is 16.3 Å². The van der Waals surface area contributed by atoms with Crippen molar-refractivity contribution in [3.63, 3.8) is 0 Å². The predicted molar refractivity (Wildman–Crippen MR) is 83.7 cm³/mol. The van der Waals surface area contributed by atoms with Crippen molar-refractivity contribution < 1.29 is 0 Å². The second kappa shape index (κ2) is 6.64. The van der Waals surface area contributed by atoms with E-state index in [1.165, 1.54) is 28.7 Å². The van der Waals surface area contributed by atoms with Crippen LogP contribution in [0.1, 0.15) is 31.9 Å². The number of hydrogen-bond donors (Lipinski definition) is 1. The molecule has 1 fully saturated rings. The molecule has 3 rings (SSSR count). The molecule has 1 N–H and O–H groups in total. The Morgan fingerprint density at radius 1 is 1.57 bits per heavy atom. The third-order valence-electron chi connectivity index (χ3n) is 3.81. The van der Waals surface area contributed by atoms with E-state index < -0.39 is 0 Å². The van der Waals surface area contributed by atoms with Crippen molar-refractivity contribution in [3.8, 4) is 0 Å². The molecule has 21 heavy (non-hydrogen) atoms. The topological polar surface area (TPSA) is 62.5 Å². The van der Waals surface area contributed by atoms with Crippen LogP contribution in [0.2, 0.25) is 0 Å². The van der Waals surface area contributed by atoms with Crippen LogP contribution in [-0.2, 0) is 6.54 Å². The first kappa shape index (κ1) is 14.6. The van der Waals surface area contributed by atoms with Gasteiger partial charge < -0.3 is 5.32 Å². The third kappa shape index (κ3) is 3.48. The molecule has 0 amide bonds. The zero-order valence-corrected chi connectivity index (χ0v) is 13.1. The molecule has 1 atom stereocenters. The zero-order valence-electron chi connectivity index (χ0n) is 12.3. The first-order valence-electron chi connectivity index (χ1n) is 7.54. The molecule has 1 aliphatic rings. The van der Waals surface area contributed by atoms with E-state index in [9.17, 15) is 4.79 Å². The van der Waals surface area contributed by atoms with Crippen LogP contribution in [0.15, 0.2) is 16.4 Å². The molecule has 6 nitrogen and oxygen atoms in total. The summed E-state index contributed by atoms with van der Waals surface area (Å²) in [4.78, 5) is 19.6. The third-order valence-corrected chi connectivity index (χ3v) is 4.48. The van der Waals surface area contributed by atoms with Gasteiger partial charge in [-0.1, -0.05) is 18.3 Å². The highest BCUT2D eigenvalue weighted by Crippen LogP contribution is 2.11. The molecular formula is C14H21N5OS. The monoisotopic (exact) mass is 307 g/mol. The van der Waals surface area contributed by atoms with Gasteiger partial charge >= 0.3 is 0 Å². The van der Waals surface area contributed by atoms with Crippen LogP contribution in [0.3, 0.4) is 0 Å². The summed E-state index contributed by atoms with van der Waals surface area (Å²) in [7, 11) is 0. The molecular weight excluding hydrogens is 286 g/mol. The lowest BCUT2D eigenvalue weighted by molar-refractivity contribution is 0.239.